The number of hydrogen-bond donors (Lipinski definition) is 3. The summed E-state index contributed by atoms with van der Waals surface area (Å²) < 4.78 is 5.86. The Bertz CT molecular complexity index is 720. The number of thiophene rings is 1. The van der Waals surface area contributed by atoms with E-state index >= 15 is 0 Å². The first-order chi connectivity index (χ1) is 11.2. The number of hydrogen-bond acceptors (Lipinski definition) is 5. The van der Waals surface area contributed by atoms with Gasteiger partial charge in [-0.3, -0.25) is 0 Å². The highest BCUT2D eigenvalue weighted by atomic mass is 32.1. The normalized spacial score (nSPS) is 12.4. The molecule has 0 fully saturated rings. The van der Waals surface area contributed by atoms with E-state index in [2.05, 4.69) is 22.8 Å². The molecule has 0 saturated carbocycles. The van der Waals surface area contributed by atoms with Crippen molar-refractivity contribution in [2.45, 2.75) is 19.0 Å². The van der Waals surface area contributed by atoms with Crippen LogP contribution in [-0.4, -0.2) is 17.7 Å². The number of furan rings is 1. The van der Waals surface area contributed by atoms with Gasteiger partial charge in [-0.15, -0.1) is 11.3 Å². The molecule has 1 atom stereocenters. The van der Waals surface area contributed by atoms with Crippen LogP contribution in [0, 0.1) is 0 Å². The number of nitrogens with one attached hydrogen (secondary N) is 1. The first-order valence-corrected chi connectivity index (χ1v) is 8.46. The van der Waals surface area contributed by atoms with Gasteiger partial charge in [-0.05, 0) is 54.3 Å². The number of phenols is 1. The maximum atomic E-state index is 9.34. The Hall–Kier alpha value is -2.08. The lowest BCUT2D eigenvalue weighted by Crippen LogP contribution is -2.37. The molecule has 0 amide bonds. The van der Waals surface area contributed by atoms with Crippen LogP contribution in [0.3, 0.4) is 0 Å². The van der Waals surface area contributed by atoms with Gasteiger partial charge in [-0.1, -0.05) is 6.07 Å². The lowest BCUT2D eigenvalue weighted by Gasteiger charge is -2.15. The molecule has 3 aromatic rings. The zero-order chi connectivity index (χ0) is 16.1. The lowest BCUT2D eigenvalue weighted by molar-refractivity contribution is 0.450. The predicted octanol–water partition coefficient (Wildman–Crippen LogP) is 3.37. The standard InChI is InChI=1S/C18H20N2O2S/c19-11-14(10-17-2-1-9-23-17)20-12-16-7-8-18(22-16)13-3-5-15(21)6-4-13/h1-9,14,20-21H,10-12,19H2. The maximum Gasteiger partial charge on any atom is 0.134 e. The van der Waals surface area contributed by atoms with E-state index in [0.29, 0.717) is 13.1 Å². The van der Waals surface area contributed by atoms with Gasteiger partial charge in [0.05, 0.1) is 6.54 Å². The zero-order valence-electron chi connectivity index (χ0n) is 12.7. The third kappa shape index (κ3) is 4.22. The van der Waals surface area contributed by atoms with E-state index < -0.39 is 0 Å². The van der Waals surface area contributed by atoms with Gasteiger partial charge in [0.1, 0.15) is 17.3 Å². The molecular formula is C18H20N2O2S. The first kappa shape index (κ1) is 15.8. The van der Waals surface area contributed by atoms with Crippen LogP contribution in [0.2, 0.25) is 0 Å². The van der Waals surface area contributed by atoms with Crippen molar-refractivity contribution in [1.82, 2.24) is 5.32 Å². The molecule has 3 rings (SSSR count). The van der Waals surface area contributed by atoms with E-state index in [1.54, 1.807) is 23.5 Å². The summed E-state index contributed by atoms with van der Waals surface area (Å²) in [5.74, 6) is 1.92. The fourth-order valence-corrected chi connectivity index (χ4v) is 3.20. The van der Waals surface area contributed by atoms with Gasteiger partial charge in [-0.2, -0.15) is 0 Å². The minimum atomic E-state index is 0.232. The zero-order valence-corrected chi connectivity index (χ0v) is 13.6. The van der Waals surface area contributed by atoms with E-state index in [9.17, 15) is 5.11 Å². The third-order valence-corrected chi connectivity index (χ3v) is 4.59. The van der Waals surface area contributed by atoms with Gasteiger partial charge >= 0.3 is 0 Å². The first-order valence-electron chi connectivity index (χ1n) is 7.58. The van der Waals surface area contributed by atoms with Crippen LogP contribution < -0.4 is 11.1 Å². The molecule has 2 aromatic heterocycles. The summed E-state index contributed by atoms with van der Waals surface area (Å²) in [6.45, 7) is 1.23. The molecule has 1 unspecified atom stereocenters. The number of phenolic OH excluding ortho intramolecular Hbond substituents is 1. The Morgan fingerprint density at radius 3 is 2.65 bits per heavy atom. The van der Waals surface area contributed by atoms with Gasteiger partial charge in [0.15, 0.2) is 0 Å². The second kappa shape index (κ2) is 7.46. The molecule has 0 aliphatic heterocycles. The molecule has 4 nitrogen and oxygen atoms in total. The van der Waals surface area contributed by atoms with E-state index in [-0.39, 0.29) is 11.8 Å². The van der Waals surface area contributed by atoms with Crippen molar-refractivity contribution >= 4 is 11.3 Å². The molecule has 4 N–H and O–H groups in total. The summed E-state index contributed by atoms with van der Waals surface area (Å²) >= 11 is 1.75. The molecule has 1 aromatic carbocycles. The van der Waals surface area contributed by atoms with Crippen LogP contribution in [0.25, 0.3) is 11.3 Å². The summed E-state index contributed by atoms with van der Waals surface area (Å²) in [5.41, 5.74) is 6.80. The second-order valence-corrected chi connectivity index (χ2v) is 6.44. The van der Waals surface area contributed by atoms with Crippen molar-refractivity contribution in [2.24, 2.45) is 5.73 Å². The van der Waals surface area contributed by atoms with Crippen LogP contribution in [0.4, 0.5) is 0 Å². The van der Waals surface area contributed by atoms with Gasteiger partial charge < -0.3 is 20.6 Å². The smallest absolute Gasteiger partial charge is 0.134 e. The molecule has 0 aliphatic carbocycles. The maximum absolute atomic E-state index is 9.34. The number of rotatable bonds is 7. The summed E-state index contributed by atoms with van der Waals surface area (Å²) in [7, 11) is 0. The van der Waals surface area contributed by atoms with Crippen LogP contribution in [-0.2, 0) is 13.0 Å². The minimum Gasteiger partial charge on any atom is -0.508 e. The summed E-state index contributed by atoms with van der Waals surface area (Å²) in [4.78, 5) is 1.33. The molecule has 0 bridgehead atoms. The second-order valence-electron chi connectivity index (χ2n) is 5.41. The monoisotopic (exact) mass is 328 g/mol. The van der Waals surface area contributed by atoms with Crippen molar-refractivity contribution in [3.8, 4) is 17.1 Å². The predicted molar refractivity (Wildman–Crippen MR) is 93.5 cm³/mol. The Labute approximate surface area is 139 Å². The van der Waals surface area contributed by atoms with E-state index in [4.69, 9.17) is 10.2 Å². The quantitative estimate of drug-likeness (QED) is 0.622. The molecule has 120 valence electrons. The SMILES string of the molecule is NCC(Cc1cccs1)NCc1ccc(-c2ccc(O)cc2)o1. The molecule has 0 spiro atoms. The Balaban J connectivity index is 1.59. The third-order valence-electron chi connectivity index (χ3n) is 3.69. The average Bonchev–Trinajstić information content (AvgIpc) is 3.24. The summed E-state index contributed by atoms with van der Waals surface area (Å²) in [6, 6.07) is 15.3. The molecule has 2 heterocycles. The molecule has 0 saturated heterocycles. The van der Waals surface area contributed by atoms with Gasteiger partial charge in [0.25, 0.3) is 0 Å². The minimum absolute atomic E-state index is 0.232. The van der Waals surface area contributed by atoms with Crippen molar-refractivity contribution in [2.75, 3.05) is 6.54 Å². The highest BCUT2D eigenvalue weighted by Gasteiger charge is 2.10. The van der Waals surface area contributed by atoms with Crippen molar-refractivity contribution in [3.05, 3.63) is 64.5 Å². The number of nitrogens with two attached hydrogens (primary N) is 1. The lowest BCUT2D eigenvalue weighted by atomic mass is 10.2. The van der Waals surface area contributed by atoms with Crippen molar-refractivity contribution in [3.63, 3.8) is 0 Å². The highest BCUT2D eigenvalue weighted by molar-refractivity contribution is 7.09. The topological polar surface area (TPSA) is 71.4 Å². The molecular weight excluding hydrogens is 308 g/mol. The fraction of sp³-hybridized carbons (Fsp3) is 0.222. The van der Waals surface area contributed by atoms with Gasteiger partial charge in [-0.25, -0.2) is 0 Å². The van der Waals surface area contributed by atoms with Gasteiger partial charge in [0.2, 0.25) is 0 Å². The molecule has 23 heavy (non-hydrogen) atoms. The van der Waals surface area contributed by atoms with Crippen molar-refractivity contribution in [1.29, 1.82) is 0 Å². The Kier molecular flexibility index (Phi) is 5.12. The van der Waals surface area contributed by atoms with Crippen LogP contribution >= 0.6 is 11.3 Å². The summed E-state index contributed by atoms with van der Waals surface area (Å²) in [5, 5.41) is 14.9. The van der Waals surface area contributed by atoms with E-state index in [0.717, 1.165) is 23.5 Å². The number of benzene rings is 1. The van der Waals surface area contributed by atoms with Crippen LogP contribution in [0.1, 0.15) is 10.6 Å². The average molecular weight is 328 g/mol. The van der Waals surface area contributed by atoms with Crippen molar-refractivity contribution < 1.29 is 9.52 Å². The Morgan fingerprint density at radius 1 is 1.13 bits per heavy atom. The van der Waals surface area contributed by atoms with Crippen LogP contribution in [0.15, 0.2) is 58.3 Å². The molecule has 0 aliphatic rings. The molecule has 5 heteroatoms. The van der Waals surface area contributed by atoms with E-state index in [1.807, 2.05) is 24.3 Å². The largest absolute Gasteiger partial charge is 0.508 e. The summed E-state index contributed by atoms with van der Waals surface area (Å²) in [6.07, 6.45) is 0.930. The highest BCUT2D eigenvalue weighted by Crippen LogP contribution is 2.24. The van der Waals surface area contributed by atoms with Crippen LogP contribution in [0.5, 0.6) is 5.75 Å². The number of aromatic hydroxyl groups is 1. The Morgan fingerprint density at radius 2 is 1.96 bits per heavy atom. The molecule has 0 radical (unpaired) electrons. The van der Waals surface area contributed by atoms with Gasteiger partial charge in [0, 0.05) is 23.0 Å². The fourth-order valence-electron chi connectivity index (χ4n) is 2.41. The van der Waals surface area contributed by atoms with E-state index in [1.165, 1.54) is 4.88 Å².